The van der Waals surface area contributed by atoms with Gasteiger partial charge in [-0.1, -0.05) is 6.92 Å². The van der Waals surface area contributed by atoms with E-state index in [1.807, 2.05) is 32.2 Å². The van der Waals surface area contributed by atoms with Crippen LogP contribution in [0.4, 0.5) is 0 Å². The molecule has 5 nitrogen and oxygen atoms in total. The van der Waals surface area contributed by atoms with Crippen molar-refractivity contribution in [2.45, 2.75) is 20.3 Å². The zero-order valence-corrected chi connectivity index (χ0v) is 10.2. The average molecular weight is 234 g/mol. The minimum Gasteiger partial charge on any atom is -0.491 e. The van der Waals surface area contributed by atoms with Gasteiger partial charge in [-0.2, -0.15) is 10.4 Å². The van der Waals surface area contributed by atoms with Crippen LogP contribution < -0.4 is 5.43 Å². The standard InChI is InChI=1S/C12H15N3O2/c1-4-10-12-11(17-3)6-5-7-15(12,13-8-16)9(2)14-10/h5-8H,4H2,1-3H3/p+1. The van der Waals surface area contributed by atoms with E-state index in [1.54, 1.807) is 7.11 Å². The van der Waals surface area contributed by atoms with Crippen molar-refractivity contribution in [1.29, 1.82) is 0 Å². The molecule has 0 aromatic rings. The van der Waals surface area contributed by atoms with Gasteiger partial charge in [0.25, 0.3) is 6.41 Å². The van der Waals surface area contributed by atoms with Crippen LogP contribution in [0.25, 0.3) is 0 Å². The van der Waals surface area contributed by atoms with Crippen LogP contribution >= 0.6 is 0 Å². The van der Waals surface area contributed by atoms with E-state index in [1.165, 1.54) is 0 Å². The number of aliphatic imine (C=N–C) groups is 1. The number of nitrogens with zero attached hydrogens (tertiary/aromatic N) is 2. The Morgan fingerprint density at radius 2 is 2.35 bits per heavy atom. The van der Waals surface area contributed by atoms with Crippen LogP contribution in [-0.2, 0) is 9.53 Å². The molecule has 0 aliphatic carbocycles. The second-order valence-corrected chi connectivity index (χ2v) is 3.85. The van der Waals surface area contributed by atoms with Crippen molar-refractivity contribution < 1.29 is 14.1 Å². The largest absolute Gasteiger partial charge is 0.491 e. The maximum atomic E-state index is 10.8. The van der Waals surface area contributed by atoms with Gasteiger partial charge in [0.1, 0.15) is 11.9 Å². The van der Waals surface area contributed by atoms with Crippen molar-refractivity contribution in [1.82, 2.24) is 5.43 Å². The summed E-state index contributed by atoms with van der Waals surface area (Å²) in [5, 5.41) is 0. The molecular formula is C12H16N3O2+. The van der Waals surface area contributed by atoms with Gasteiger partial charge in [-0.25, -0.2) is 0 Å². The highest BCUT2D eigenvalue weighted by atomic mass is 16.5. The minimum atomic E-state index is 0.131. The molecule has 0 radical (unpaired) electrons. The van der Waals surface area contributed by atoms with Gasteiger partial charge < -0.3 is 4.74 Å². The maximum Gasteiger partial charge on any atom is 0.253 e. The number of hydrogen-bond acceptors (Lipinski definition) is 3. The van der Waals surface area contributed by atoms with E-state index in [2.05, 4.69) is 10.4 Å². The lowest BCUT2D eigenvalue weighted by molar-refractivity contribution is -0.783. The highest BCUT2D eigenvalue weighted by molar-refractivity contribution is 5.80. The number of quaternary nitrogens is 1. The van der Waals surface area contributed by atoms with Crippen LogP contribution in [0.2, 0.25) is 0 Å². The van der Waals surface area contributed by atoms with E-state index in [4.69, 9.17) is 4.74 Å². The topological polar surface area (TPSA) is 50.7 Å². The summed E-state index contributed by atoms with van der Waals surface area (Å²) in [6.45, 7) is 3.92. The number of methoxy groups -OCH3 is 1. The minimum absolute atomic E-state index is 0.131. The Balaban J connectivity index is 2.60. The first kappa shape index (κ1) is 11.6. The Kier molecular flexibility index (Phi) is 2.85. The average Bonchev–Trinajstić information content (AvgIpc) is 2.63. The van der Waals surface area contributed by atoms with Gasteiger partial charge in [0.15, 0.2) is 5.76 Å². The first-order chi connectivity index (χ1) is 8.19. The van der Waals surface area contributed by atoms with Gasteiger partial charge in [0, 0.05) is 6.92 Å². The maximum absolute atomic E-state index is 10.8. The predicted molar refractivity (Wildman–Crippen MR) is 64.1 cm³/mol. The van der Waals surface area contributed by atoms with E-state index in [9.17, 15) is 4.79 Å². The molecule has 90 valence electrons. The normalized spacial score (nSPS) is 26.3. The number of allylic oxidation sites excluding steroid dienone is 3. The molecule has 1 unspecified atom stereocenters. The number of hydrogen-bond donors (Lipinski definition) is 1. The second-order valence-electron chi connectivity index (χ2n) is 3.85. The Hall–Kier alpha value is -1.88. The number of rotatable bonds is 4. The summed E-state index contributed by atoms with van der Waals surface area (Å²) in [5.74, 6) is 1.54. The van der Waals surface area contributed by atoms with Crippen molar-refractivity contribution in [3.05, 3.63) is 35.5 Å². The first-order valence-electron chi connectivity index (χ1n) is 5.53. The number of ether oxygens (including phenoxy) is 1. The van der Waals surface area contributed by atoms with Gasteiger partial charge in [-0.05, 0) is 18.6 Å². The fourth-order valence-corrected chi connectivity index (χ4v) is 2.22. The zero-order chi connectivity index (χ0) is 12.5. The Bertz CT molecular complexity index is 474. The molecule has 0 aromatic carbocycles. The third kappa shape index (κ3) is 1.51. The molecule has 1 N–H and O–H groups in total. The number of carbonyl (C=O) groups is 1. The lowest BCUT2D eigenvalue weighted by atomic mass is 10.1. The van der Waals surface area contributed by atoms with Crippen molar-refractivity contribution in [2.75, 3.05) is 7.11 Å². The number of nitrogens with one attached hydrogen (secondary N) is 1. The highest BCUT2D eigenvalue weighted by Gasteiger charge is 2.46. The van der Waals surface area contributed by atoms with Gasteiger partial charge in [0.2, 0.25) is 11.5 Å². The summed E-state index contributed by atoms with van der Waals surface area (Å²) < 4.78 is 5.50. The molecule has 1 atom stereocenters. The van der Waals surface area contributed by atoms with Crippen LogP contribution in [-0.4, -0.2) is 23.9 Å². The second kappa shape index (κ2) is 4.18. The first-order valence-corrected chi connectivity index (χ1v) is 5.53. The summed E-state index contributed by atoms with van der Waals surface area (Å²) in [7, 11) is 1.62. The van der Waals surface area contributed by atoms with Gasteiger partial charge >= 0.3 is 0 Å². The smallest absolute Gasteiger partial charge is 0.253 e. The van der Waals surface area contributed by atoms with Crippen LogP contribution in [0.5, 0.6) is 0 Å². The molecule has 17 heavy (non-hydrogen) atoms. The number of fused-ring (bicyclic) bond motifs is 1. The summed E-state index contributed by atoms with van der Waals surface area (Å²) in [4.78, 5) is 15.4. The lowest BCUT2D eigenvalue weighted by Gasteiger charge is -2.31. The molecule has 2 aliphatic heterocycles. The Labute approximate surface area is 100 Å². The van der Waals surface area contributed by atoms with Gasteiger partial charge in [0.05, 0.1) is 7.11 Å². The van der Waals surface area contributed by atoms with E-state index in [0.717, 1.165) is 29.4 Å². The van der Waals surface area contributed by atoms with Gasteiger partial charge in [-0.3, -0.25) is 4.79 Å². The van der Waals surface area contributed by atoms with Crippen molar-refractivity contribution in [3.63, 3.8) is 0 Å². The van der Waals surface area contributed by atoms with Crippen molar-refractivity contribution in [2.24, 2.45) is 4.99 Å². The SMILES string of the molecule is CCC1=C2C(OC)=CC=C[N+]2(NC=O)C(C)=N1. The zero-order valence-electron chi connectivity index (χ0n) is 10.2. The molecule has 2 aliphatic rings. The number of amidine groups is 1. The monoisotopic (exact) mass is 234 g/mol. The summed E-state index contributed by atoms with van der Waals surface area (Å²) in [6.07, 6.45) is 7.09. The third-order valence-electron chi connectivity index (χ3n) is 3.04. The van der Waals surface area contributed by atoms with E-state index in [0.29, 0.717) is 6.41 Å². The number of carbonyl (C=O) groups excluding carboxylic acids is 1. The summed E-state index contributed by atoms with van der Waals surface area (Å²) >= 11 is 0. The fourth-order valence-electron chi connectivity index (χ4n) is 2.22. The van der Waals surface area contributed by atoms with Crippen LogP contribution in [0.3, 0.4) is 0 Å². The Morgan fingerprint density at radius 1 is 1.59 bits per heavy atom. The van der Waals surface area contributed by atoms with Crippen LogP contribution in [0.1, 0.15) is 20.3 Å². The molecule has 1 amide bonds. The van der Waals surface area contributed by atoms with Crippen LogP contribution in [0, 0.1) is 0 Å². The van der Waals surface area contributed by atoms with Crippen LogP contribution in [0.15, 0.2) is 40.5 Å². The summed E-state index contributed by atoms with van der Waals surface area (Å²) in [6, 6.07) is 0. The quantitative estimate of drug-likeness (QED) is 0.593. The molecule has 2 heterocycles. The highest BCUT2D eigenvalue weighted by Crippen LogP contribution is 2.37. The molecule has 0 bridgehead atoms. The Morgan fingerprint density at radius 3 is 2.94 bits per heavy atom. The molecule has 0 spiro atoms. The number of amides is 1. The van der Waals surface area contributed by atoms with E-state index < -0.39 is 0 Å². The molecule has 2 rings (SSSR count). The molecule has 5 heteroatoms. The van der Waals surface area contributed by atoms with Crippen molar-refractivity contribution >= 4 is 12.2 Å². The fraction of sp³-hybridized carbons (Fsp3) is 0.333. The summed E-state index contributed by atoms with van der Waals surface area (Å²) in [5.41, 5.74) is 4.63. The van der Waals surface area contributed by atoms with E-state index in [-0.39, 0.29) is 4.59 Å². The lowest BCUT2D eigenvalue weighted by Crippen LogP contribution is -2.55. The molecule has 0 saturated carbocycles. The molecular weight excluding hydrogens is 218 g/mol. The predicted octanol–water partition coefficient (Wildman–Crippen LogP) is 1.58. The molecule has 0 fully saturated rings. The van der Waals surface area contributed by atoms with E-state index >= 15 is 0 Å². The molecule has 0 aromatic heterocycles. The van der Waals surface area contributed by atoms with Gasteiger partial charge in [-0.15, -0.1) is 4.59 Å². The third-order valence-corrected chi connectivity index (χ3v) is 3.04. The van der Waals surface area contributed by atoms with Crippen molar-refractivity contribution in [3.8, 4) is 0 Å². The molecule has 0 saturated heterocycles.